The van der Waals surface area contributed by atoms with Crippen molar-refractivity contribution in [2.75, 3.05) is 19.4 Å². The van der Waals surface area contributed by atoms with Gasteiger partial charge in [-0.25, -0.2) is 12.7 Å². The number of sulfonamides is 1. The van der Waals surface area contributed by atoms with Crippen LogP contribution in [-0.2, 0) is 10.0 Å². The molecule has 0 bridgehead atoms. The van der Waals surface area contributed by atoms with Crippen LogP contribution in [0.1, 0.15) is 6.92 Å². The van der Waals surface area contributed by atoms with Crippen LogP contribution in [0.25, 0.3) is 0 Å². The van der Waals surface area contributed by atoms with E-state index in [1.54, 1.807) is 30.3 Å². The lowest BCUT2D eigenvalue weighted by atomic mass is 10.2. The molecule has 0 spiro atoms. The van der Waals surface area contributed by atoms with Crippen LogP contribution >= 0.6 is 0 Å². The van der Waals surface area contributed by atoms with E-state index in [1.165, 1.54) is 18.4 Å². The molecule has 1 atom stereocenters. The Bertz CT molecular complexity index is 478. The molecule has 1 unspecified atom stereocenters. The summed E-state index contributed by atoms with van der Waals surface area (Å²) in [5.41, 5.74) is 0.870. The van der Waals surface area contributed by atoms with Gasteiger partial charge in [-0.3, -0.25) is 0 Å². The van der Waals surface area contributed by atoms with Crippen LogP contribution in [0.15, 0.2) is 41.8 Å². The predicted molar refractivity (Wildman–Crippen MR) is 70.6 cm³/mol. The van der Waals surface area contributed by atoms with Gasteiger partial charge in [0.15, 0.2) is 0 Å². The number of hydrogen-bond donors (Lipinski definition) is 1. The second-order valence-electron chi connectivity index (χ2n) is 3.98. The van der Waals surface area contributed by atoms with Gasteiger partial charge in [0.2, 0.25) is 10.0 Å². The van der Waals surface area contributed by atoms with Crippen LogP contribution in [0.2, 0.25) is 0 Å². The Labute approximate surface area is 103 Å². The monoisotopic (exact) mass is 254 g/mol. The fraction of sp³-hybridized carbons (Fsp3) is 0.333. The second-order valence-corrected chi connectivity index (χ2v) is 6.13. The first-order chi connectivity index (χ1) is 7.87. The van der Waals surface area contributed by atoms with Gasteiger partial charge in [-0.05, 0) is 31.2 Å². The zero-order chi connectivity index (χ0) is 13.1. The van der Waals surface area contributed by atoms with Crippen molar-refractivity contribution in [1.82, 2.24) is 4.31 Å². The highest BCUT2D eigenvalue weighted by atomic mass is 32.2. The number of rotatable bonds is 5. The molecule has 94 valence electrons. The van der Waals surface area contributed by atoms with Crippen molar-refractivity contribution in [3.05, 3.63) is 36.9 Å². The first kappa shape index (κ1) is 13.7. The molecular formula is C12H18N2O2S. The minimum absolute atomic E-state index is 0.145. The quantitative estimate of drug-likeness (QED) is 0.817. The molecule has 1 aromatic carbocycles. The van der Waals surface area contributed by atoms with E-state index in [9.17, 15) is 8.42 Å². The maximum Gasteiger partial charge on any atom is 0.242 e. The molecule has 0 heterocycles. The molecule has 0 fully saturated rings. The van der Waals surface area contributed by atoms with Crippen molar-refractivity contribution in [3.63, 3.8) is 0 Å². The summed E-state index contributed by atoms with van der Waals surface area (Å²) < 4.78 is 24.8. The van der Waals surface area contributed by atoms with Crippen molar-refractivity contribution < 1.29 is 8.42 Å². The molecule has 0 saturated heterocycles. The molecule has 0 radical (unpaired) electrons. The maximum atomic E-state index is 11.8. The minimum Gasteiger partial charge on any atom is -0.379 e. The molecule has 0 saturated carbocycles. The molecule has 4 nitrogen and oxygen atoms in total. The van der Waals surface area contributed by atoms with Crippen molar-refractivity contribution in [3.8, 4) is 0 Å². The van der Waals surface area contributed by atoms with Crippen molar-refractivity contribution in [2.24, 2.45) is 0 Å². The summed E-state index contributed by atoms with van der Waals surface area (Å²) in [4.78, 5) is 0.291. The molecule has 0 aromatic heterocycles. The standard InChI is InChI=1S/C12H18N2O2S/c1-5-10(2)13-11-6-8-12(9-7-11)17(15,16)14(3)4/h5-10,13H,1H2,2-4H3. The zero-order valence-corrected chi connectivity index (χ0v) is 11.2. The van der Waals surface area contributed by atoms with E-state index in [1.807, 2.05) is 6.92 Å². The lowest BCUT2D eigenvalue weighted by Gasteiger charge is -2.13. The van der Waals surface area contributed by atoms with Crippen molar-refractivity contribution >= 4 is 15.7 Å². The largest absolute Gasteiger partial charge is 0.379 e. The Morgan fingerprint density at radius 3 is 2.24 bits per heavy atom. The molecule has 0 aliphatic rings. The molecule has 0 aliphatic heterocycles. The topological polar surface area (TPSA) is 49.4 Å². The van der Waals surface area contributed by atoms with Gasteiger partial charge >= 0.3 is 0 Å². The predicted octanol–water partition coefficient (Wildman–Crippen LogP) is 1.92. The number of anilines is 1. The first-order valence-corrected chi connectivity index (χ1v) is 6.73. The van der Waals surface area contributed by atoms with Gasteiger partial charge in [0.25, 0.3) is 0 Å². The SMILES string of the molecule is C=CC(C)Nc1ccc(S(=O)(=O)N(C)C)cc1. The molecule has 5 heteroatoms. The summed E-state index contributed by atoms with van der Waals surface area (Å²) in [7, 11) is -0.312. The van der Waals surface area contributed by atoms with Gasteiger partial charge in [0, 0.05) is 25.8 Å². The number of nitrogens with one attached hydrogen (secondary N) is 1. The smallest absolute Gasteiger partial charge is 0.242 e. The third-order valence-corrected chi connectivity index (χ3v) is 4.21. The average Bonchev–Trinajstić information content (AvgIpc) is 2.29. The van der Waals surface area contributed by atoms with Gasteiger partial charge in [0.05, 0.1) is 4.90 Å². The Morgan fingerprint density at radius 1 is 1.29 bits per heavy atom. The summed E-state index contributed by atoms with van der Waals surface area (Å²) >= 11 is 0. The Kier molecular flexibility index (Phi) is 4.31. The normalized spacial score (nSPS) is 13.4. The fourth-order valence-electron chi connectivity index (χ4n) is 1.26. The van der Waals surface area contributed by atoms with Crippen LogP contribution < -0.4 is 5.32 Å². The van der Waals surface area contributed by atoms with Gasteiger partial charge in [-0.2, -0.15) is 0 Å². The van der Waals surface area contributed by atoms with E-state index in [0.717, 1.165) is 5.69 Å². The maximum absolute atomic E-state index is 11.8. The van der Waals surface area contributed by atoms with Crippen LogP contribution in [0, 0.1) is 0 Å². The highest BCUT2D eigenvalue weighted by Crippen LogP contribution is 2.17. The summed E-state index contributed by atoms with van der Waals surface area (Å²) in [6.07, 6.45) is 1.78. The van der Waals surface area contributed by atoms with Gasteiger partial charge in [-0.1, -0.05) is 6.08 Å². The van der Waals surface area contributed by atoms with Gasteiger partial charge in [0.1, 0.15) is 0 Å². The summed E-state index contributed by atoms with van der Waals surface area (Å²) in [6, 6.07) is 6.82. The highest BCUT2D eigenvalue weighted by molar-refractivity contribution is 7.89. The molecule has 1 N–H and O–H groups in total. The summed E-state index contributed by atoms with van der Waals surface area (Å²) in [5.74, 6) is 0. The minimum atomic E-state index is -3.34. The summed E-state index contributed by atoms with van der Waals surface area (Å²) in [6.45, 7) is 5.64. The molecule has 0 amide bonds. The van der Waals surface area contributed by atoms with Crippen LogP contribution in [-0.4, -0.2) is 32.9 Å². The first-order valence-electron chi connectivity index (χ1n) is 5.29. The van der Waals surface area contributed by atoms with Crippen molar-refractivity contribution in [1.29, 1.82) is 0 Å². The molecule has 1 aromatic rings. The van der Waals surface area contributed by atoms with Gasteiger partial charge < -0.3 is 5.32 Å². The van der Waals surface area contributed by atoms with E-state index in [-0.39, 0.29) is 6.04 Å². The Balaban J connectivity index is 2.93. The van der Waals surface area contributed by atoms with E-state index < -0.39 is 10.0 Å². The zero-order valence-electron chi connectivity index (χ0n) is 10.3. The van der Waals surface area contributed by atoms with E-state index in [4.69, 9.17) is 0 Å². The molecular weight excluding hydrogens is 236 g/mol. The highest BCUT2D eigenvalue weighted by Gasteiger charge is 2.16. The third-order valence-electron chi connectivity index (χ3n) is 2.38. The molecule has 0 aliphatic carbocycles. The van der Waals surface area contributed by atoms with E-state index >= 15 is 0 Å². The van der Waals surface area contributed by atoms with Gasteiger partial charge in [-0.15, -0.1) is 6.58 Å². The molecule has 17 heavy (non-hydrogen) atoms. The van der Waals surface area contributed by atoms with Crippen LogP contribution in [0.5, 0.6) is 0 Å². The number of benzene rings is 1. The molecule has 1 rings (SSSR count). The van der Waals surface area contributed by atoms with Crippen LogP contribution in [0.3, 0.4) is 0 Å². The average molecular weight is 254 g/mol. The fourth-order valence-corrected chi connectivity index (χ4v) is 2.16. The number of hydrogen-bond acceptors (Lipinski definition) is 3. The van der Waals surface area contributed by atoms with E-state index in [2.05, 4.69) is 11.9 Å². The number of nitrogens with zero attached hydrogens (tertiary/aromatic N) is 1. The third kappa shape index (κ3) is 3.31. The van der Waals surface area contributed by atoms with Crippen LogP contribution in [0.4, 0.5) is 5.69 Å². The lowest BCUT2D eigenvalue weighted by Crippen LogP contribution is -2.22. The summed E-state index contributed by atoms with van der Waals surface area (Å²) in [5, 5.41) is 3.17. The Morgan fingerprint density at radius 2 is 1.82 bits per heavy atom. The van der Waals surface area contributed by atoms with E-state index in [0.29, 0.717) is 4.90 Å². The second kappa shape index (κ2) is 5.33. The van der Waals surface area contributed by atoms with Crippen molar-refractivity contribution in [2.45, 2.75) is 17.9 Å². The Hall–Kier alpha value is -1.33. The lowest BCUT2D eigenvalue weighted by molar-refractivity contribution is 0.521.